The number of rotatable bonds is 1. The predicted octanol–water partition coefficient (Wildman–Crippen LogP) is 1.80. The summed E-state index contributed by atoms with van der Waals surface area (Å²) < 4.78 is 0. The molecule has 0 aliphatic carbocycles. The molecule has 3 nitrogen and oxygen atoms in total. The van der Waals surface area contributed by atoms with Gasteiger partial charge in [-0.1, -0.05) is 13.0 Å². The third-order valence-electron chi connectivity index (χ3n) is 2.29. The number of aromatic amines is 1. The van der Waals surface area contributed by atoms with Gasteiger partial charge in [-0.25, -0.2) is 0 Å². The Morgan fingerprint density at radius 2 is 2.14 bits per heavy atom. The highest BCUT2D eigenvalue weighted by molar-refractivity contribution is 5.84. The van der Waals surface area contributed by atoms with Crippen molar-refractivity contribution in [1.82, 2.24) is 4.98 Å². The van der Waals surface area contributed by atoms with E-state index in [4.69, 9.17) is 0 Å². The van der Waals surface area contributed by atoms with Gasteiger partial charge in [-0.05, 0) is 24.1 Å². The van der Waals surface area contributed by atoms with Crippen LogP contribution in [0.2, 0.25) is 0 Å². The van der Waals surface area contributed by atoms with E-state index in [0.717, 1.165) is 12.0 Å². The topological polar surface area (TPSA) is 53.1 Å². The Hall–Kier alpha value is -1.77. The van der Waals surface area contributed by atoms with E-state index in [2.05, 4.69) is 4.98 Å². The monoisotopic (exact) mass is 189 g/mol. The van der Waals surface area contributed by atoms with Crippen molar-refractivity contribution >= 4 is 10.9 Å². The van der Waals surface area contributed by atoms with Crippen LogP contribution in [0.3, 0.4) is 0 Å². The molecule has 0 radical (unpaired) electrons. The molecule has 2 aromatic rings. The molecule has 0 atom stereocenters. The van der Waals surface area contributed by atoms with Crippen molar-refractivity contribution in [2.24, 2.45) is 0 Å². The minimum Gasteiger partial charge on any atom is -0.507 e. The zero-order chi connectivity index (χ0) is 10.1. The van der Waals surface area contributed by atoms with Crippen LogP contribution in [0.1, 0.15) is 12.5 Å². The molecule has 72 valence electrons. The molecule has 2 N–H and O–H groups in total. The maximum atomic E-state index is 11.1. The predicted molar refractivity (Wildman–Crippen MR) is 55.6 cm³/mol. The van der Waals surface area contributed by atoms with Crippen LogP contribution in [0.4, 0.5) is 0 Å². The minimum absolute atomic E-state index is 0.0337. The van der Waals surface area contributed by atoms with Crippen molar-refractivity contribution in [1.29, 1.82) is 0 Å². The molecular formula is C11H11NO2. The molecular weight excluding hydrogens is 178 g/mol. The first-order chi connectivity index (χ1) is 6.70. The first-order valence-electron chi connectivity index (χ1n) is 4.55. The van der Waals surface area contributed by atoms with Crippen LogP contribution in [-0.2, 0) is 6.42 Å². The standard InChI is InChI=1S/C11H11NO2/c1-2-7-3-4-8-9(5-7)12-11(14)6-10(8)13/h3-6H,2H2,1H3,(H2,12,13,14). The Kier molecular flexibility index (Phi) is 2.00. The van der Waals surface area contributed by atoms with Gasteiger partial charge in [0.2, 0.25) is 0 Å². The zero-order valence-electron chi connectivity index (χ0n) is 7.87. The van der Waals surface area contributed by atoms with Crippen LogP contribution in [0.25, 0.3) is 10.9 Å². The molecule has 0 fully saturated rings. The van der Waals surface area contributed by atoms with Crippen LogP contribution in [0.15, 0.2) is 29.1 Å². The van der Waals surface area contributed by atoms with E-state index in [1.165, 1.54) is 6.07 Å². The van der Waals surface area contributed by atoms with Gasteiger partial charge in [0, 0.05) is 11.5 Å². The van der Waals surface area contributed by atoms with Crippen LogP contribution in [0, 0.1) is 0 Å². The summed E-state index contributed by atoms with van der Waals surface area (Å²) in [6, 6.07) is 6.84. The van der Waals surface area contributed by atoms with Crippen molar-refractivity contribution < 1.29 is 5.11 Å². The number of pyridine rings is 1. The molecule has 1 aromatic heterocycles. The van der Waals surface area contributed by atoms with Crippen molar-refractivity contribution in [3.63, 3.8) is 0 Å². The molecule has 0 aliphatic rings. The van der Waals surface area contributed by atoms with E-state index in [9.17, 15) is 9.90 Å². The number of aromatic hydroxyl groups is 1. The molecule has 0 saturated heterocycles. The van der Waals surface area contributed by atoms with E-state index in [1.807, 2.05) is 25.1 Å². The Bertz CT molecular complexity index is 528. The van der Waals surface area contributed by atoms with Crippen molar-refractivity contribution in [2.45, 2.75) is 13.3 Å². The molecule has 14 heavy (non-hydrogen) atoms. The lowest BCUT2D eigenvalue weighted by atomic mass is 10.1. The Morgan fingerprint density at radius 3 is 2.86 bits per heavy atom. The molecule has 0 spiro atoms. The lowest BCUT2D eigenvalue weighted by molar-refractivity contribution is 0.480. The number of fused-ring (bicyclic) bond motifs is 1. The molecule has 0 amide bonds. The summed E-state index contributed by atoms with van der Waals surface area (Å²) in [6.07, 6.45) is 0.910. The summed E-state index contributed by atoms with van der Waals surface area (Å²) in [6.45, 7) is 2.04. The number of hydrogen-bond acceptors (Lipinski definition) is 2. The quantitative estimate of drug-likeness (QED) is 0.718. The zero-order valence-corrected chi connectivity index (χ0v) is 7.87. The van der Waals surface area contributed by atoms with E-state index in [0.29, 0.717) is 10.9 Å². The number of benzene rings is 1. The van der Waals surface area contributed by atoms with E-state index >= 15 is 0 Å². The second-order valence-electron chi connectivity index (χ2n) is 3.25. The van der Waals surface area contributed by atoms with Crippen LogP contribution in [0.5, 0.6) is 5.75 Å². The molecule has 0 aliphatic heterocycles. The molecule has 0 bridgehead atoms. The number of aromatic nitrogens is 1. The second-order valence-corrected chi connectivity index (χ2v) is 3.25. The largest absolute Gasteiger partial charge is 0.507 e. The van der Waals surface area contributed by atoms with E-state index < -0.39 is 0 Å². The van der Waals surface area contributed by atoms with Crippen molar-refractivity contribution in [2.75, 3.05) is 0 Å². The molecule has 1 aromatic carbocycles. The third-order valence-corrected chi connectivity index (χ3v) is 2.29. The van der Waals surface area contributed by atoms with E-state index in [-0.39, 0.29) is 11.3 Å². The summed E-state index contributed by atoms with van der Waals surface area (Å²) in [4.78, 5) is 13.8. The minimum atomic E-state index is -0.275. The first kappa shape index (κ1) is 8.81. The number of aryl methyl sites for hydroxylation is 1. The summed E-state index contributed by atoms with van der Waals surface area (Å²) in [5, 5.41) is 10.2. The highest BCUT2D eigenvalue weighted by atomic mass is 16.3. The summed E-state index contributed by atoms with van der Waals surface area (Å²) in [5.41, 5.74) is 1.55. The Morgan fingerprint density at radius 1 is 1.36 bits per heavy atom. The number of hydrogen-bond donors (Lipinski definition) is 2. The fourth-order valence-corrected chi connectivity index (χ4v) is 1.51. The van der Waals surface area contributed by atoms with Gasteiger partial charge >= 0.3 is 0 Å². The number of H-pyrrole nitrogens is 1. The molecule has 0 unspecified atom stereocenters. The van der Waals surface area contributed by atoms with Gasteiger partial charge < -0.3 is 10.1 Å². The SMILES string of the molecule is CCc1ccc2c(O)cc(=O)[nH]c2c1. The normalized spacial score (nSPS) is 10.6. The summed E-state index contributed by atoms with van der Waals surface area (Å²) in [7, 11) is 0. The second kappa shape index (κ2) is 3.18. The van der Waals surface area contributed by atoms with Gasteiger partial charge in [0.05, 0.1) is 5.52 Å². The fraction of sp³-hybridized carbons (Fsp3) is 0.182. The highest BCUT2D eigenvalue weighted by Crippen LogP contribution is 2.21. The summed E-state index contributed by atoms with van der Waals surface area (Å²) >= 11 is 0. The van der Waals surface area contributed by atoms with E-state index in [1.54, 1.807) is 0 Å². The van der Waals surface area contributed by atoms with Crippen LogP contribution >= 0.6 is 0 Å². The lowest BCUT2D eigenvalue weighted by Crippen LogP contribution is -2.03. The summed E-state index contributed by atoms with van der Waals surface area (Å²) in [5.74, 6) is 0.0337. The first-order valence-corrected chi connectivity index (χ1v) is 4.55. The van der Waals surface area contributed by atoms with Gasteiger partial charge in [-0.3, -0.25) is 4.79 Å². The molecule has 3 heteroatoms. The smallest absolute Gasteiger partial charge is 0.252 e. The maximum Gasteiger partial charge on any atom is 0.252 e. The van der Waals surface area contributed by atoms with Gasteiger partial charge in [0.1, 0.15) is 5.75 Å². The van der Waals surface area contributed by atoms with Crippen LogP contribution < -0.4 is 5.56 Å². The molecule has 0 saturated carbocycles. The van der Waals surface area contributed by atoms with Gasteiger partial charge in [-0.2, -0.15) is 0 Å². The number of nitrogens with one attached hydrogen (secondary N) is 1. The Balaban J connectivity index is 2.82. The van der Waals surface area contributed by atoms with Gasteiger partial charge in [0.15, 0.2) is 0 Å². The van der Waals surface area contributed by atoms with Crippen molar-refractivity contribution in [3.8, 4) is 5.75 Å². The average Bonchev–Trinajstić information content (AvgIpc) is 2.16. The molecule has 2 rings (SSSR count). The van der Waals surface area contributed by atoms with Crippen LogP contribution in [-0.4, -0.2) is 10.1 Å². The van der Waals surface area contributed by atoms with Gasteiger partial charge in [-0.15, -0.1) is 0 Å². The van der Waals surface area contributed by atoms with Crippen molar-refractivity contribution in [3.05, 3.63) is 40.2 Å². The average molecular weight is 189 g/mol. The maximum absolute atomic E-state index is 11.1. The lowest BCUT2D eigenvalue weighted by Gasteiger charge is -2.02. The molecule has 1 heterocycles. The highest BCUT2D eigenvalue weighted by Gasteiger charge is 2.01. The third kappa shape index (κ3) is 1.37. The Labute approximate surface area is 81.0 Å². The van der Waals surface area contributed by atoms with Gasteiger partial charge in [0.25, 0.3) is 5.56 Å². The fourth-order valence-electron chi connectivity index (χ4n) is 1.51.